The third-order valence-electron chi connectivity index (χ3n) is 2.34. The van der Waals surface area contributed by atoms with E-state index in [9.17, 15) is 22.8 Å². The fraction of sp³-hybridized carbons (Fsp3) is 0.385. The Morgan fingerprint density at radius 3 is 2.48 bits per heavy atom. The number of alkyl halides is 4. The van der Waals surface area contributed by atoms with Crippen molar-refractivity contribution in [2.24, 2.45) is 0 Å². The Morgan fingerprint density at radius 2 is 1.95 bits per heavy atom. The number of ether oxygens (including phenoxy) is 2. The second kappa shape index (κ2) is 7.31. The Bertz CT molecular complexity index is 529. The van der Waals surface area contributed by atoms with Gasteiger partial charge < -0.3 is 9.47 Å². The average molecular weight is 325 g/mol. The van der Waals surface area contributed by atoms with Crippen LogP contribution in [0.5, 0.6) is 5.75 Å². The Kier molecular flexibility index (Phi) is 6.02. The highest BCUT2D eigenvalue weighted by Gasteiger charge is 2.33. The molecule has 0 saturated heterocycles. The maximum absolute atomic E-state index is 12.3. The predicted octanol–water partition coefficient (Wildman–Crippen LogP) is 3.57. The van der Waals surface area contributed by atoms with Gasteiger partial charge in [0, 0.05) is 17.9 Å². The van der Waals surface area contributed by atoms with Gasteiger partial charge in [-0.2, -0.15) is 0 Å². The molecule has 1 rings (SSSR count). The van der Waals surface area contributed by atoms with Gasteiger partial charge in [-0.3, -0.25) is 4.79 Å². The molecule has 0 atom stereocenters. The molecule has 0 bridgehead atoms. The van der Waals surface area contributed by atoms with Gasteiger partial charge in [0.25, 0.3) is 0 Å². The van der Waals surface area contributed by atoms with Crippen LogP contribution < -0.4 is 4.74 Å². The molecule has 0 aliphatic heterocycles. The number of carbonyl (C=O) groups is 2. The lowest BCUT2D eigenvalue weighted by Gasteiger charge is -2.13. The standard InChI is InChI=1S/C13H12ClF3O4/c1-2-20-12(19)9-7-8(10(18)5-6-14)3-4-11(9)21-13(15,16)17/h3-4,7H,2,5-6H2,1H3. The van der Waals surface area contributed by atoms with E-state index in [-0.39, 0.29) is 24.5 Å². The van der Waals surface area contributed by atoms with E-state index >= 15 is 0 Å². The van der Waals surface area contributed by atoms with Gasteiger partial charge in [-0.25, -0.2) is 4.79 Å². The van der Waals surface area contributed by atoms with E-state index in [2.05, 4.69) is 9.47 Å². The highest BCUT2D eigenvalue weighted by Crippen LogP contribution is 2.28. The third-order valence-corrected chi connectivity index (χ3v) is 2.53. The summed E-state index contributed by atoms with van der Waals surface area (Å²) >= 11 is 5.43. The zero-order valence-electron chi connectivity index (χ0n) is 11.0. The van der Waals surface area contributed by atoms with Gasteiger partial charge >= 0.3 is 12.3 Å². The first-order chi connectivity index (χ1) is 9.78. The van der Waals surface area contributed by atoms with E-state index in [1.807, 2.05) is 0 Å². The topological polar surface area (TPSA) is 52.6 Å². The molecule has 0 fully saturated rings. The summed E-state index contributed by atoms with van der Waals surface area (Å²) in [5.41, 5.74) is -0.400. The van der Waals surface area contributed by atoms with Gasteiger partial charge in [0.05, 0.1) is 6.61 Å². The molecular weight excluding hydrogens is 313 g/mol. The summed E-state index contributed by atoms with van der Waals surface area (Å²) in [7, 11) is 0. The smallest absolute Gasteiger partial charge is 0.462 e. The highest BCUT2D eigenvalue weighted by atomic mass is 35.5. The van der Waals surface area contributed by atoms with Crippen molar-refractivity contribution in [1.29, 1.82) is 0 Å². The quantitative estimate of drug-likeness (QED) is 0.456. The van der Waals surface area contributed by atoms with Crippen molar-refractivity contribution in [3.8, 4) is 5.75 Å². The monoisotopic (exact) mass is 324 g/mol. The maximum Gasteiger partial charge on any atom is 0.573 e. The molecule has 0 aromatic heterocycles. The van der Waals surface area contributed by atoms with Crippen LogP contribution in [-0.4, -0.2) is 30.6 Å². The first kappa shape index (κ1) is 17.3. The molecule has 1 aromatic rings. The number of benzene rings is 1. The first-order valence-corrected chi connectivity index (χ1v) is 6.48. The van der Waals surface area contributed by atoms with Gasteiger partial charge in [-0.05, 0) is 25.1 Å². The molecule has 21 heavy (non-hydrogen) atoms. The summed E-state index contributed by atoms with van der Waals surface area (Å²) in [4.78, 5) is 23.4. The molecule has 0 saturated carbocycles. The van der Waals surface area contributed by atoms with Crippen molar-refractivity contribution in [2.45, 2.75) is 19.7 Å². The summed E-state index contributed by atoms with van der Waals surface area (Å²) in [6, 6.07) is 3.05. The van der Waals surface area contributed by atoms with Crippen LogP contribution >= 0.6 is 11.6 Å². The van der Waals surface area contributed by atoms with Crippen molar-refractivity contribution in [2.75, 3.05) is 12.5 Å². The van der Waals surface area contributed by atoms with Crippen LogP contribution in [0.2, 0.25) is 0 Å². The van der Waals surface area contributed by atoms with E-state index in [0.29, 0.717) is 0 Å². The number of rotatable bonds is 6. The number of halogens is 4. The van der Waals surface area contributed by atoms with E-state index in [0.717, 1.165) is 18.2 Å². The van der Waals surface area contributed by atoms with Gasteiger partial charge in [0.1, 0.15) is 11.3 Å². The number of hydrogen-bond acceptors (Lipinski definition) is 4. The summed E-state index contributed by atoms with van der Waals surface area (Å²) in [5.74, 6) is -2.05. The third kappa shape index (κ3) is 5.26. The lowest BCUT2D eigenvalue weighted by Crippen LogP contribution is -2.20. The largest absolute Gasteiger partial charge is 0.573 e. The minimum Gasteiger partial charge on any atom is -0.462 e. The summed E-state index contributed by atoms with van der Waals surface area (Å²) in [6.07, 6.45) is -4.95. The molecule has 0 aliphatic carbocycles. The van der Waals surface area contributed by atoms with Gasteiger partial charge in [0.15, 0.2) is 5.78 Å². The summed E-state index contributed by atoms with van der Waals surface area (Å²) < 4.78 is 45.3. The lowest BCUT2D eigenvalue weighted by molar-refractivity contribution is -0.274. The van der Waals surface area contributed by atoms with Crippen molar-refractivity contribution < 1.29 is 32.2 Å². The molecule has 0 heterocycles. The molecule has 116 valence electrons. The van der Waals surface area contributed by atoms with Crippen LogP contribution in [0.1, 0.15) is 34.1 Å². The fourth-order valence-electron chi connectivity index (χ4n) is 1.52. The van der Waals surface area contributed by atoms with Crippen molar-refractivity contribution in [1.82, 2.24) is 0 Å². The normalized spacial score (nSPS) is 11.1. The molecular formula is C13H12ClF3O4. The Balaban J connectivity index is 3.19. The van der Waals surface area contributed by atoms with Crippen LogP contribution in [-0.2, 0) is 4.74 Å². The Labute approximate surface area is 123 Å². The second-order valence-electron chi connectivity index (χ2n) is 3.84. The van der Waals surface area contributed by atoms with E-state index < -0.39 is 29.4 Å². The Morgan fingerprint density at radius 1 is 1.29 bits per heavy atom. The molecule has 0 N–H and O–H groups in total. The van der Waals surface area contributed by atoms with E-state index in [1.54, 1.807) is 0 Å². The molecule has 0 amide bonds. The lowest BCUT2D eigenvalue weighted by atomic mass is 10.0. The van der Waals surface area contributed by atoms with E-state index in [1.165, 1.54) is 6.92 Å². The number of Topliss-reactive ketones (excluding diaryl/α,β-unsaturated/α-hetero) is 1. The second-order valence-corrected chi connectivity index (χ2v) is 4.22. The molecule has 8 heteroatoms. The van der Waals surface area contributed by atoms with Crippen LogP contribution in [0, 0.1) is 0 Å². The van der Waals surface area contributed by atoms with Crippen molar-refractivity contribution in [3.05, 3.63) is 29.3 Å². The number of carbonyl (C=O) groups excluding carboxylic acids is 2. The van der Waals surface area contributed by atoms with Crippen LogP contribution in [0.25, 0.3) is 0 Å². The van der Waals surface area contributed by atoms with Gasteiger partial charge in [-0.1, -0.05) is 0 Å². The predicted molar refractivity (Wildman–Crippen MR) is 68.7 cm³/mol. The van der Waals surface area contributed by atoms with Gasteiger partial charge in [0.2, 0.25) is 0 Å². The summed E-state index contributed by atoms with van der Waals surface area (Å²) in [5, 5.41) is 0. The highest BCUT2D eigenvalue weighted by molar-refractivity contribution is 6.19. The zero-order valence-corrected chi connectivity index (χ0v) is 11.8. The fourth-order valence-corrected chi connectivity index (χ4v) is 1.69. The van der Waals surface area contributed by atoms with Crippen LogP contribution in [0.15, 0.2) is 18.2 Å². The van der Waals surface area contributed by atoms with Crippen molar-refractivity contribution in [3.63, 3.8) is 0 Å². The molecule has 0 unspecified atom stereocenters. The van der Waals surface area contributed by atoms with Crippen LogP contribution in [0.4, 0.5) is 13.2 Å². The molecule has 0 aliphatic rings. The molecule has 0 radical (unpaired) electrons. The maximum atomic E-state index is 12.3. The molecule has 0 spiro atoms. The number of esters is 1. The zero-order chi connectivity index (χ0) is 16.0. The Hall–Kier alpha value is -1.76. The molecule has 1 aromatic carbocycles. The SMILES string of the molecule is CCOC(=O)c1cc(C(=O)CCCl)ccc1OC(F)(F)F. The van der Waals surface area contributed by atoms with Crippen LogP contribution in [0.3, 0.4) is 0 Å². The number of ketones is 1. The number of hydrogen-bond donors (Lipinski definition) is 0. The minimum absolute atomic E-state index is 0.00327. The van der Waals surface area contributed by atoms with E-state index in [4.69, 9.17) is 11.6 Å². The minimum atomic E-state index is -4.96. The van der Waals surface area contributed by atoms with Gasteiger partial charge in [-0.15, -0.1) is 24.8 Å². The summed E-state index contributed by atoms with van der Waals surface area (Å²) in [6.45, 7) is 1.48. The first-order valence-electron chi connectivity index (χ1n) is 5.94. The molecule has 4 nitrogen and oxygen atoms in total. The van der Waals surface area contributed by atoms with Crippen molar-refractivity contribution >= 4 is 23.4 Å². The average Bonchev–Trinajstić information content (AvgIpc) is 2.37.